The molecular weight excluding hydrogens is 234 g/mol. The lowest BCUT2D eigenvalue weighted by atomic mass is 9.82. The van der Waals surface area contributed by atoms with Crippen LogP contribution in [0.15, 0.2) is 18.5 Å². The average Bonchev–Trinajstić information content (AvgIpc) is 2.37. The fourth-order valence-corrected chi connectivity index (χ4v) is 3.76. The third-order valence-electron chi connectivity index (χ3n) is 4.87. The van der Waals surface area contributed by atoms with E-state index < -0.39 is 0 Å². The maximum absolute atomic E-state index is 4.27. The van der Waals surface area contributed by atoms with Gasteiger partial charge in [0.05, 0.1) is 0 Å². The second kappa shape index (κ2) is 5.59. The van der Waals surface area contributed by atoms with Crippen molar-refractivity contribution in [3.05, 3.63) is 29.6 Å². The Hall–Kier alpha value is -0.930. The van der Waals surface area contributed by atoms with Gasteiger partial charge >= 0.3 is 0 Å². The molecular formula is C16H25N3. The van der Waals surface area contributed by atoms with Crippen LogP contribution in [-0.4, -0.2) is 35.1 Å². The van der Waals surface area contributed by atoms with Gasteiger partial charge in [-0.1, -0.05) is 12.5 Å². The molecule has 3 nitrogen and oxygen atoms in total. The van der Waals surface area contributed by atoms with Crippen LogP contribution in [0.4, 0.5) is 0 Å². The second-order valence-corrected chi connectivity index (χ2v) is 6.32. The lowest BCUT2D eigenvalue weighted by Crippen LogP contribution is -2.54. The average molecular weight is 259 g/mol. The Balaban J connectivity index is 1.56. The van der Waals surface area contributed by atoms with Gasteiger partial charge < -0.3 is 10.2 Å². The van der Waals surface area contributed by atoms with E-state index in [1.807, 2.05) is 12.4 Å². The molecule has 3 rings (SSSR count). The first kappa shape index (κ1) is 13.1. The number of aromatic nitrogens is 1. The SMILES string of the molecule is Cc1cncc(CNC2CC3CCCC(C2)N3C)c1. The van der Waals surface area contributed by atoms with Crippen molar-refractivity contribution in [3.63, 3.8) is 0 Å². The molecule has 2 unspecified atom stereocenters. The van der Waals surface area contributed by atoms with Crippen LogP contribution in [0.5, 0.6) is 0 Å². The van der Waals surface area contributed by atoms with Gasteiger partial charge in [-0.15, -0.1) is 0 Å². The van der Waals surface area contributed by atoms with Gasteiger partial charge in [0.25, 0.3) is 0 Å². The van der Waals surface area contributed by atoms with Gasteiger partial charge in [0.1, 0.15) is 0 Å². The molecule has 2 aliphatic rings. The number of nitrogens with one attached hydrogen (secondary N) is 1. The van der Waals surface area contributed by atoms with Crippen molar-refractivity contribution in [2.24, 2.45) is 0 Å². The molecule has 1 aromatic rings. The molecule has 2 aliphatic heterocycles. The van der Waals surface area contributed by atoms with Crippen molar-refractivity contribution >= 4 is 0 Å². The Bertz CT molecular complexity index is 418. The minimum absolute atomic E-state index is 0.687. The second-order valence-electron chi connectivity index (χ2n) is 6.32. The molecule has 2 fully saturated rings. The molecule has 2 bridgehead atoms. The number of hydrogen-bond donors (Lipinski definition) is 1. The van der Waals surface area contributed by atoms with Gasteiger partial charge in [-0.05, 0) is 50.8 Å². The summed E-state index contributed by atoms with van der Waals surface area (Å²) in [5.41, 5.74) is 2.56. The molecule has 2 atom stereocenters. The molecule has 1 N–H and O–H groups in total. The van der Waals surface area contributed by atoms with Gasteiger partial charge in [-0.25, -0.2) is 0 Å². The van der Waals surface area contributed by atoms with Crippen molar-refractivity contribution in [2.75, 3.05) is 7.05 Å². The fourth-order valence-electron chi connectivity index (χ4n) is 3.76. The van der Waals surface area contributed by atoms with Crippen LogP contribution in [-0.2, 0) is 6.54 Å². The largest absolute Gasteiger partial charge is 0.310 e. The first-order valence-electron chi connectivity index (χ1n) is 7.58. The topological polar surface area (TPSA) is 28.2 Å². The maximum Gasteiger partial charge on any atom is 0.0313 e. The molecule has 0 spiro atoms. The van der Waals surface area contributed by atoms with Crippen LogP contribution < -0.4 is 5.32 Å². The van der Waals surface area contributed by atoms with E-state index in [1.54, 1.807) is 0 Å². The first-order chi connectivity index (χ1) is 9.22. The number of aryl methyl sites for hydroxylation is 1. The molecule has 0 saturated carbocycles. The molecule has 104 valence electrons. The predicted molar refractivity (Wildman–Crippen MR) is 78.0 cm³/mol. The summed E-state index contributed by atoms with van der Waals surface area (Å²) in [6.07, 6.45) is 10.7. The van der Waals surface area contributed by atoms with Crippen molar-refractivity contribution in [1.82, 2.24) is 15.2 Å². The minimum atomic E-state index is 0.687. The zero-order valence-corrected chi connectivity index (χ0v) is 12.1. The predicted octanol–water partition coefficient (Wildman–Crippen LogP) is 2.49. The Kier molecular flexibility index (Phi) is 3.85. The molecule has 1 aromatic heterocycles. The highest BCUT2D eigenvalue weighted by Crippen LogP contribution is 2.32. The van der Waals surface area contributed by atoms with E-state index in [1.165, 1.54) is 43.2 Å². The lowest BCUT2D eigenvalue weighted by Gasteiger charge is -2.47. The standard InChI is InChI=1S/C16H25N3/c1-12-6-13(10-17-9-12)11-18-14-7-15-4-3-5-16(8-14)19(15)2/h6,9-10,14-16,18H,3-5,7-8,11H2,1-2H3. The van der Waals surface area contributed by atoms with E-state index in [0.29, 0.717) is 6.04 Å². The normalized spacial score (nSPS) is 31.4. The maximum atomic E-state index is 4.27. The Morgan fingerprint density at radius 2 is 2.00 bits per heavy atom. The molecule has 3 heterocycles. The molecule has 0 aromatic carbocycles. The van der Waals surface area contributed by atoms with Crippen LogP contribution in [0.3, 0.4) is 0 Å². The van der Waals surface area contributed by atoms with Crippen molar-refractivity contribution in [1.29, 1.82) is 0 Å². The number of fused-ring (bicyclic) bond motifs is 2. The van der Waals surface area contributed by atoms with Crippen LogP contribution in [0.2, 0.25) is 0 Å². The van der Waals surface area contributed by atoms with Gasteiger partial charge in [0.15, 0.2) is 0 Å². The van der Waals surface area contributed by atoms with Crippen molar-refractivity contribution < 1.29 is 0 Å². The highest BCUT2D eigenvalue weighted by molar-refractivity contribution is 5.16. The monoisotopic (exact) mass is 259 g/mol. The third kappa shape index (κ3) is 2.98. The summed E-state index contributed by atoms with van der Waals surface area (Å²) in [7, 11) is 2.31. The van der Waals surface area contributed by atoms with E-state index in [0.717, 1.165) is 18.6 Å². The number of hydrogen-bond acceptors (Lipinski definition) is 3. The number of rotatable bonds is 3. The van der Waals surface area contributed by atoms with Gasteiger partial charge in [-0.2, -0.15) is 0 Å². The molecule has 2 saturated heterocycles. The highest BCUT2D eigenvalue weighted by atomic mass is 15.2. The van der Waals surface area contributed by atoms with E-state index in [2.05, 4.69) is 35.2 Å². The van der Waals surface area contributed by atoms with Crippen LogP contribution >= 0.6 is 0 Å². The molecule has 0 aliphatic carbocycles. The number of nitrogens with zero attached hydrogens (tertiary/aromatic N) is 2. The minimum Gasteiger partial charge on any atom is -0.310 e. The van der Waals surface area contributed by atoms with Crippen LogP contribution in [0.1, 0.15) is 43.2 Å². The van der Waals surface area contributed by atoms with Crippen molar-refractivity contribution in [3.8, 4) is 0 Å². The van der Waals surface area contributed by atoms with E-state index in [9.17, 15) is 0 Å². The Labute approximate surface area is 116 Å². The molecule has 0 radical (unpaired) electrons. The molecule has 0 amide bonds. The summed E-state index contributed by atoms with van der Waals surface area (Å²) < 4.78 is 0. The zero-order chi connectivity index (χ0) is 13.2. The Morgan fingerprint density at radius 1 is 1.26 bits per heavy atom. The molecule has 3 heteroatoms. The summed E-state index contributed by atoms with van der Waals surface area (Å²) in [6, 6.07) is 4.53. The lowest BCUT2D eigenvalue weighted by molar-refractivity contribution is 0.0482. The van der Waals surface area contributed by atoms with Crippen molar-refractivity contribution in [2.45, 2.75) is 63.7 Å². The first-order valence-corrected chi connectivity index (χ1v) is 7.58. The van der Waals surface area contributed by atoms with E-state index >= 15 is 0 Å². The van der Waals surface area contributed by atoms with Gasteiger partial charge in [-0.3, -0.25) is 4.98 Å². The third-order valence-corrected chi connectivity index (χ3v) is 4.87. The van der Waals surface area contributed by atoms with Crippen LogP contribution in [0.25, 0.3) is 0 Å². The summed E-state index contributed by atoms with van der Waals surface area (Å²) in [4.78, 5) is 6.89. The molecule has 19 heavy (non-hydrogen) atoms. The number of pyridine rings is 1. The summed E-state index contributed by atoms with van der Waals surface area (Å²) >= 11 is 0. The number of piperidine rings is 2. The quantitative estimate of drug-likeness (QED) is 0.904. The Morgan fingerprint density at radius 3 is 2.68 bits per heavy atom. The van der Waals surface area contributed by atoms with Crippen LogP contribution in [0, 0.1) is 6.92 Å². The summed E-state index contributed by atoms with van der Waals surface area (Å²) in [5, 5.41) is 3.75. The smallest absolute Gasteiger partial charge is 0.0313 e. The summed E-state index contributed by atoms with van der Waals surface area (Å²) in [5.74, 6) is 0. The fraction of sp³-hybridized carbons (Fsp3) is 0.688. The summed E-state index contributed by atoms with van der Waals surface area (Å²) in [6.45, 7) is 3.07. The van der Waals surface area contributed by atoms with Gasteiger partial charge in [0, 0.05) is 37.1 Å². The highest BCUT2D eigenvalue weighted by Gasteiger charge is 2.35. The zero-order valence-electron chi connectivity index (χ0n) is 12.1. The van der Waals surface area contributed by atoms with Gasteiger partial charge in [0.2, 0.25) is 0 Å². The van der Waals surface area contributed by atoms with E-state index in [4.69, 9.17) is 0 Å². The van der Waals surface area contributed by atoms with E-state index in [-0.39, 0.29) is 0 Å².